The number of aliphatic carboxylic acids is 1. The van der Waals surface area contributed by atoms with Crippen molar-refractivity contribution in [2.24, 2.45) is 0 Å². The first kappa shape index (κ1) is 14.5. The minimum atomic E-state index is -1.000. The predicted molar refractivity (Wildman–Crippen MR) is 78.7 cm³/mol. The van der Waals surface area contributed by atoms with Gasteiger partial charge >= 0.3 is 5.97 Å². The van der Waals surface area contributed by atoms with Gasteiger partial charge in [-0.2, -0.15) is 5.10 Å². The highest BCUT2D eigenvalue weighted by atomic mass is 16.4. The minimum Gasteiger partial charge on any atom is -0.478 e. The van der Waals surface area contributed by atoms with Crippen molar-refractivity contribution >= 4 is 23.6 Å². The molecule has 1 heterocycles. The van der Waals surface area contributed by atoms with Crippen molar-refractivity contribution in [3.05, 3.63) is 54.4 Å². The van der Waals surface area contributed by atoms with Crippen LogP contribution in [0, 0.1) is 0 Å². The minimum absolute atomic E-state index is 0.174. The number of aromatic nitrogens is 2. The Morgan fingerprint density at radius 1 is 1.33 bits per heavy atom. The molecule has 0 aliphatic rings. The summed E-state index contributed by atoms with van der Waals surface area (Å²) < 4.78 is 1.57. The van der Waals surface area contributed by atoms with E-state index in [1.54, 1.807) is 54.3 Å². The second-order valence-corrected chi connectivity index (χ2v) is 4.44. The molecule has 1 atom stereocenters. The van der Waals surface area contributed by atoms with Crippen molar-refractivity contribution in [3.8, 4) is 0 Å². The molecule has 2 rings (SSSR count). The van der Waals surface area contributed by atoms with Crippen molar-refractivity contribution in [1.82, 2.24) is 9.78 Å². The van der Waals surface area contributed by atoms with Crippen LogP contribution in [0.3, 0.4) is 0 Å². The first-order chi connectivity index (χ1) is 10.1. The summed E-state index contributed by atoms with van der Waals surface area (Å²) in [5, 5.41) is 15.4. The van der Waals surface area contributed by atoms with E-state index in [4.69, 9.17) is 5.11 Å². The Balaban J connectivity index is 2.00. The van der Waals surface area contributed by atoms with Gasteiger partial charge in [0.1, 0.15) is 6.04 Å². The van der Waals surface area contributed by atoms with Gasteiger partial charge in [-0.25, -0.2) is 4.79 Å². The number of nitrogens with one attached hydrogen (secondary N) is 1. The topological polar surface area (TPSA) is 84.2 Å². The van der Waals surface area contributed by atoms with E-state index < -0.39 is 12.0 Å². The molecule has 108 valence electrons. The van der Waals surface area contributed by atoms with Crippen LogP contribution in [0.2, 0.25) is 0 Å². The van der Waals surface area contributed by atoms with E-state index in [1.165, 1.54) is 6.08 Å². The molecule has 6 heteroatoms. The monoisotopic (exact) mass is 285 g/mol. The standard InChI is InChI=1S/C15H15N3O3/c1-11(18-10-2-9-16-18)15(21)17-13-6-3-12(4-7-13)5-8-14(19)20/h2-11H,1H3,(H,17,21)(H,19,20)/b8-5+. The zero-order chi connectivity index (χ0) is 15.2. The average Bonchev–Trinajstić information content (AvgIpc) is 2.99. The molecule has 0 fully saturated rings. The number of hydrogen-bond donors (Lipinski definition) is 2. The maximum atomic E-state index is 12.0. The Bertz CT molecular complexity index is 645. The number of amides is 1. The van der Waals surface area contributed by atoms with E-state index in [0.29, 0.717) is 5.69 Å². The molecule has 0 radical (unpaired) electrons. The Hall–Kier alpha value is -2.89. The lowest BCUT2D eigenvalue weighted by molar-refractivity contribution is -0.131. The van der Waals surface area contributed by atoms with Crippen LogP contribution in [-0.4, -0.2) is 26.8 Å². The summed E-state index contributed by atoms with van der Waals surface area (Å²) >= 11 is 0. The molecule has 0 spiro atoms. The zero-order valence-corrected chi connectivity index (χ0v) is 11.4. The van der Waals surface area contributed by atoms with Crippen LogP contribution in [-0.2, 0) is 9.59 Å². The summed E-state index contributed by atoms with van der Waals surface area (Å²) in [6.07, 6.45) is 5.89. The van der Waals surface area contributed by atoms with Gasteiger partial charge in [-0.3, -0.25) is 9.48 Å². The van der Waals surface area contributed by atoms with Crippen LogP contribution in [0.4, 0.5) is 5.69 Å². The van der Waals surface area contributed by atoms with Crippen LogP contribution in [0.15, 0.2) is 48.8 Å². The van der Waals surface area contributed by atoms with Crippen molar-refractivity contribution in [3.63, 3.8) is 0 Å². The largest absolute Gasteiger partial charge is 0.478 e. The highest BCUT2D eigenvalue weighted by Gasteiger charge is 2.14. The molecule has 1 aromatic carbocycles. The number of anilines is 1. The second-order valence-electron chi connectivity index (χ2n) is 4.44. The fourth-order valence-electron chi connectivity index (χ4n) is 1.72. The third kappa shape index (κ3) is 4.04. The number of carboxylic acid groups (broad SMARTS) is 1. The van der Waals surface area contributed by atoms with Gasteiger partial charge in [0.2, 0.25) is 5.91 Å². The van der Waals surface area contributed by atoms with Crippen molar-refractivity contribution < 1.29 is 14.7 Å². The lowest BCUT2D eigenvalue weighted by Crippen LogP contribution is -2.23. The Kier molecular flexibility index (Phi) is 4.50. The molecule has 21 heavy (non-hydrogen) atoms. The summed E-state index contributed by atoms with van der Waals surface area (Å²) in [6.45, 7) is 1.76. The summed E-state index contributed by atoms with van der Waals surface area (Å²) in [5.41, 5.74) is 1.39. The lowest BCUT2D eigenvalue weighted by atomic mass is 10.2. The molecule has 0 aliphatic heterocycles. The van der Waals surface area contributed by atoms with Crippen molar-refractivity contribution in [2.75, 3.05) is 5.32 Å². The molecule has 1 aromatic heterocycles. The smallest absolute Gasteiger partial charge is 0.328 e. The first-order valence-electron chi connectivity index (χ1n) is 6.37. The quantitative estimate of drug-likeness (QED) is 0.825. The van der Waals surface area contributed by atoms with Gasteiger partial charge in [0, 0.05) is 24.2 Å². The van der Waals surface area contributed by atoms with E-state index in [9.17, 15) is 9.59 Å². The molecule has 2 N–H and O–H groups in total. The van der Waals surface area contributed by atoms with E-state index in [-0.39, 0.29) is 5.91 Å². The van der Waals surface area contributed by atoms with Crippen LogP contribution >= 0.6 is 0 Å². The predicted octanol–water partition coefficient (Wildman–Crippen LogP) is 2.18. The van der Waals surface area contributed by atoms with Gasteiger partial charge in [0.25, 0.3) is 0 Å². The molecule has 0 saturated heterocycles. The van der Waals surface area contributed by atoms with Crippen LogP contribution in [0.1, 0.15) is 18.5 Å². The molecule has 1 unspecified atom stereocenters. The van der Waals surface area contributed by atoms with E-state index >= 15 is 0 Å². The first-order valence-corrected chi connectivity index (χ1v) is 6.37. The Labute approximate surface area is 121 Å². The van der Waals surface area contributed by atoms with Gasteiger partial charge in [-0.15, -0.1) is 0 Å². The zero-order valence-electron chi connectivity index (χ0n) is 11.4. The lowest BCUT2D eigenvalue weighted by Gasteiger charge is -2.12. The number of hydrogen-bond acceptors (Lipinski definition) is 3. The maximum absolute atomic E-state index is 12.0. The normalized spacial score (nSPS) is 12.2. The number of carboxylic acids is 1. The molecule has 0 aliphatic carbocycles. The molecule has 2 aromatic rings. The van der Waals surface area contributed by atoms with Crippen molar-refractivity contribution in [2.45, 2.75) is 13.0 Å². The number of benzene rings is 1. The van der Waals surface area contributed by atoms with Gasteiger partial charge in [-0.05, 0) is 36.8 Å². The van der Waals surface area contributed by atoms with Gasteiger partial charge in [0.15, 0.2) is 0 Å². The third-order valence-electron chi connectivity index (χ3n) is 2.90. The molecular formula is C15H15N3O3. The fourth-order valence-corrected chi connectivity index (χ4v) is 1.72. The summed E-state index contributed by atoms with van der Waals surface area (Å²) in [4.78, 5) is 22.5. The van der Waals surface area contributed by atoms with Crippen LogP contribution in [0.5, 0.6) is 0 Å². The number of carbonyl (C=O) groups is 2. The van der Waals surface area contributed by atoms with E-state index in [0.717, 1.165) is 11.6 Å². The average molecular weight is 285 g/mol. The van der Waals surface area contributed by atoms with Gasteiger partial charge in [-0.1, -0.05) is 12.1 Å². The van der Waals surface area contributed by atoms with E-state index in [2.05, 4.69) is 10.4 Å². The number of rotatable bonds is 5. The highest BCUT2D eigenvalue weighted by Crippen LogP contribution is 2.13. The molecule has 0 bridgehead atoms. The molecule has 6 nitrogen and oxygen atoms in total. The highest BCUT2D eigenvalue weighted by molar-refractivity contribution is 5.93. The van der Waals surface area contributed by atoms with Gasteiger partial charge < -0.3 is 10.4 Å². The maximum Gasteiger partial charge on any atom is 0.328 e. The third-order valence-corrected chi connectivity index (χ3v) is 2.90. The van der Waals surface area contributed by atoms with Crippen LogP contribution in [0.25, 0.3) is 6.08 Å². The van der Waals surface area contributed by atoms with Crippen LogP contribution < -0.4 is 5.32 Å². The van der Waals surface area contributed by atoms with Gasteiger partial charge in [0.05, 0.1) is 0 Å². The summed E-state index contributed by atoms with van der Waals surface area (Å²) in [6, 6.07) is 8.24. The molecular weight excluding hydrogens is 270 g/mol. The molecule has 1 amide bonds. The van der Waals surface area contributed by atoms with E-state index in [1.807, 2.05) is 0 Å². The SMILES string of the molecule is CC(C(=O)Nc1ccc(/C=C/C(=O)O)cc1)n1cccn1. The molecule has 0 saturated carbocycles. The number of nitrogens with zero attached hydrogens (tertiary/aromatic N) is 2. The summed E-state index contributed by atoms with van der Waals surface area (Å²) in [5.74, 6) is -1.17. The Morgan fingerprint density at radius 3 is 2.62 bits per heavy atom. The Morgan fingerprint density at radius 2 is 2.05 bits per heavy atom. The number of carbonyl (C=O) groups excluding carboxylic acids is 1. The van der Waals surface area contributed by atoms with Crippen molar-refractivity contribution in [1.29, 1.82) is 0 Å². The summed E-state index contributed by atoms with van der Waals surface area (Å²) in [7, 11) is 0. The fraction of sp³-hybridized carbons (Fsp3) is 0.133. The second kappa shape index (κ2) is 6.51.